The van der Waals surface area contributed by atoms with E-state index in [-0.39, 0.29) is 5.69 Å². The summed E-state index contributed by atoms with van der Waals surface area (Å²) < 4.78 is 37.6. The molecule has 2 heterocycles. The number of benzene rings is 1. The van der Waals surface area contributed by atoms with Gasteiger partial charge >= 0.3 is 6.18 Å². The lowest BCUT2D eigenvalue weighted by Crippen LogP contribution is -2.14. The Kier molecular flexibility index (Phi) is 4.26. The number of halogens is 3. The van der Waals surface area contributed by atoms with Crippen molar-refractivity contribution in [1.29, 1.82) is 0 Å². The Labute approximate surface area is 138 Å². The van der Waals surface area contributed by atoms with Gasteiger partial charge in [-0.1, -0.05) is 12.1 Å². The van der Waals surface area contributed by atoms with Crippen molar-refractivity contribution in [3.63, 3.8) is 0 Å². The SMILES string of the molecule is O=C(Nc1cscn1)c1ccc(-c2ccc(C(F)(F)F)cc2)nn1. The largest absolute Gasteiger partial charge is 0.416 e. The maximum atomic E-state index is 12.5. The van der Waals surface area contributed by atoms with Gasteiger partial charge in [-0.05, 0) is 24.3 Å². The molecule has 1 amide bonds. The van der Waals surface area contributed by atoms with E-state index in [0.717, 1.165) is 12.1 Å². The fourth-order valence-corrected chi connectivity index (χ4v) is 2.38. The minimum atomic E-state index is -4.39. The van der Waals surface area contributed by atoms with Crippen molar-refractivity contribution in [1.82, 2.24) is 15.2 Å². The highest BCUT2D eigenvalue weighted by molar-refractivity contribution is 7.07. The van der Waals surface area contributed by atoms with Gasteiger partial charge in [0.15, 0.2) is 5.69 Å². The third-order valence-electron chi connectivity index (χ3n) is 3.08. The number of hydrogen-bond acceptors (Lipinski definition) is 5. The molecule has 0 atom stereocenters. The Hall–Kier alpha value is -2.81. The number of amides is 1. The summed E-state index contributed by atoms with van der Waals surface area (Å²) in [7, 11) is 0. The van der Waals surface area contributed by atoms with Crippen LogP contribution < -0.4 is 5.32 Å². The normalized spacial score (nSPS) is 11.3. The van der Waals surface area contributed by atoms with Crippen molar-refractivity contribution in [3.8, 4) is 11.3 Å². The van der Waals surface area contributed by atoms with Crippen LogP contribution >= 0.6 is 11.3 Å². The zero-order valence-corrected chi connectivity index (χ0v) is 12.7. The molecule has 0 aliphatic heterocycles. The first-order valence-electron chi connectivity index (χ1n) is 6.64. The van der Waals surface area contributed by atoms with Gasteiger partial charge in [0.05, 0.1) is 16.8 Å². The summed E-state index contributed by atoms with van der Waals surface area (Å²) in [5.74, 6) is -0.0500. The van der Waals surface area contributed by atoms with Gasteiger partial charge in [0, 0.05) is 10.9 Å². The van der Waals surface area contributed by atoms with E-state index in [2.05, 4.69) is 20.5 Å². The van der Waals surface area contributed by atoms with Crippen molar-refractivity contribution in [2.45, 2.75) is 6.18 Å². The predicted molar refractivity (Wildman–Crippen MR) is 82.5 cm³/mol. The van der Waals surface area contributed by atoms with E-state index in [0.29, 0.717) is 17.1 Å². The molecule has 0 aliphatic carbocycles. The molecule has 0 spiro atoms. The number of hydrogen-bond donors (Lipinski definition) is 1. The van der Waals surface area contributed by atoms with Gasteiger partial charge in [0.25, 0.3) is 5.91 Å². The van der Waals surface area contributed by atoms with Gasteiger partial charge in [-0.2, -0.15) is 13.2 Å². The molecule has 0 saturated heterocycles. The van der Waals surface area contributed by atoms with E-state index in [1.807, 2.05) is 0 Å². The van der Waals surface area contributed by atoms with Gasteiger partial charge in [0.1, 0.15) is 5.82 Å². The minimum absolute atomic E-state index is 0.0821. The number of anilines is 1. The summed E-state index contributed by atoms with van der Waals surface area (Å²) >= 11 is 1.34. The smallest absolute Gasteiger partial charge is 0.304 e. The molecule has 122 valence electrons. The van der Waals surface area contributed by atoms with Gasteiger partial charge in [-0.15, -0.1) is 21.5 Å². The second kappa shape index (κ2) is 6.36. The number of aromatic nitrogens is 3. The number of nitrogens with one attached hydrogen (secondary N) is 1. The molecule has 9 heteroatoms. The van der Waals surface area contributed by atoms with Gasteiger partial charge in [-0.3, -0.25) is 4.79 Å². The van der Waals surface area contributed by atoms with Crippen LogP contribution in [0, 0.1) is 0 Å². The van der Waals surface area contributed by atoms with E-state index in [9.17, 15) is 18.0 Å². The van der Waals surface area contributed by atoms with Crippen LogP contribution in [0.15, 0.2) is 47.3 Å². The van der Waals surface area contributed by atoms with Crippen molar-refractivity contribution in [3.05, 3.63) is 58.5 Å². The Bertz CT molecular complexity index is 831. The van der Waals surface area contributed by atoms with Crippen LogP contribution in [0.4, 0.5) is 19.0 Å². The maximum absolute atomic E-state index is 12.5. The van der Waals surface area contributed by atoms with Crippen LogP contribution in [0.3, 0.4) is 0 Å². The zero-order chi connectivity index (χ0) is 17.2. The molecular formula is C15H9F3N4OS. The van der Waals surface area contributed by atoms with Crippen molar-refractivity contribution < 1.29 is 18.0 Å². The first kappa shape index (κ1) is 16.1. The molecule has 0 aliphatic rings. The third kappa shape index (κ3) is 3.57. The summed E-state index contributed by atoms with van der Waals surface area (Å²) in [6.07, 6.45) is -4.39. The van der Waals surface area contributed by atoms with Crippen LogP contribution in [-0.4, -0.2) is 21.1 Å². The molecule has 1 N–H and O–H groups in total. The van der Waals surface area contributed by atoms with E-state index in [1.54, 1.807) is 10.9 Å². The van der Waals surface area contributed by atoms with Crippen molar-refractivity contribution >= 4 is 23.1 Å². The lowest BCUT2D eigenvalue weighted by atomic mass is 10.1. The van der Waals surface area contributed by atoms with E-state index < -0.39 is 17.6 Å². The van der Waals surface area contributed by atoms with Crippen LogP contribution in [0.5, 0.6) is 0 Å². The monoisotopic (exact) mass is 350 g/mol. The Balaban J connectivity index is 1.75. The molecule has 0 saturated carbocycles. The summed E-state index contributed by atoms with van der Waals surface area (Å²) in [5, 5.41) is 11.9. The predicted octanol–water partition coefficient (Wildman–Crippen LogP) is 3.87. The van der Waals surface area contributed by atoms with Crippen molar-refractivity contribution in [2.75, 3.05) is 5.32 Å². The maximum Gasteiger partial charge on any atom is 0.416 e. The van der Waals surface area contributed by atoms with E-state index in [1.165, 1.54) is 35.6 Å². The van der Waals surface area contributed by atoms with Crippen LogP contribution in [0.2, 0.25) is 0 Å². The summed E-state index contributed by atoms with van der Waals surface area (Å²) in [6, 6.07) is 7.52. The molecule has 0 bridgehead atoms. The highest BCUT2D eigenvalue weighted by atomic mass is 32.1. The molecule has 2 aromatic heterocycles. The summed E-state index contributed by atoms with van der Waals surface area (Å²) in [4.78, 5) is 15.9. The zero-order valence-electron chi connectivity index (χ0n) is 11.9. The quantitative estimate of drug-likeness (QED) is 0.779. The average Bonchev–Trinajstić information content (AvgIpc) is 3.07. The molecule has 1 aromatic carbocycles. The molecule has 0 radical (unpaired) electrons. The molecule has 24 heavy (non-hydrogen) atoms. The molecular weight excluding hydrogens is 341 g/mol. The molecule has 3 aromatic rings. The van der Waals surface area contributed by atoms with Gasteiger partial charge < -0.3 is 5.32 Å². The fourth-order valence-electron chi connectivity index (χ4n) is 1.89. The Morgan fingerprint density at radius 2 is 1.79 bits per heavy atom. The Morgan fingerprint density at radius 3 is 2.33 bits per heavy atom. The minimum Gasteiger partial charge on any atom is -0.304 e. The van der Waals surface area contributed by atoms with E-state index in [4.69, 9.17) is 0 Å². The highest BCUT2D eigenvalue weighted by Crippen LogP contribution is 2.30. The summed E-state index contributed by atoms with van der Waals surface area (Å²) in [5.41, 5.74) is 1.77. The molecule has 3 rings (SSSR count). The molecule has 5 nitrogen and oxygen atoms in total. The highest BCUT2D eigenvalue weighted by Gasteiger charge is 2.30. The lowest BCUT2D eigenvalue weighted by molar-refractivity contribution is -0.137. The number of carbonyl (C=O) groups excluding carboxylic acids is 1. The fraction of sp³-hybridized carbons (Fsp3) is 0.0667. The number of rotatable bonds is 3. The van der Waals surface area contributed by atoms with Crippen LogP contribution in [0.1, 0.15) is 16.1 Å². The Morgan fingerprint density at radius 1 is 1.04 bits per heavy atom. The number of carbonyl (C=O) groups is 1. The number of alkyl halides is 3. The first-order valence-corrected chi connectivity index (χ1v) is 7.59. The van der Waals surface area contributed by atoms with Gasteiger partial charge in [-0.25, -0.2) is 4.98 Å². The van der Waals surface area contributed by atoms with Crippen LogP contribution in [0.25, 0.3) is 11.3 Å². The molecule has 0 unspecified atom stereocenters. The second-order valence-corrected chi connectivity index (χ2v) is 5.43. The second-order valence-electron chi connectivity index (χ2n) is 4.71. The topological polar surface area (TPSA) is 67.8 Å². The first-order chi connectivity index (χ1) is 11.4. The van der Waals surface area contributed by atoms with Crippen LogP contribution in [-0.2, 0) is 6.18 Å². The average molecular weight is 350 g/mol. The number of thiazole rings is 1. The summed E-state index contributed by atoms with van der Waals surface area (Å²) in [6.45, 7) is 0. The standard InChI is InChI=1S/C15H9F3N4OS/c16-15(17,18)10-3-1-9(2-4-10)11-5-6-12(22-21-11)14(23)20-13-7-24-8-19-13/h1-8H,(H,20,23). The molecule has 0 fully saturated rings. The third-order valence-corrected chi connectivity index (χ3v) is 3.67. The van der Waals surface area contributed by atoms with Gasteiger partial charge in [0.2, 0.25) is 0 Å². The van der Waals surface area contributed by atoms with Crippen molar-refractivity contribution in [2.24, 2.45) is 0 Å². The number of nitrogens with zero attached hydrogens (tertiary/aromatic N) is 3. The lowest BCUT2D eigenvalue weighted by Gasteiger charge is -2.07. The van der Waals surface area contributed by atoms with E-state index >= 15 is 0 Å².